The van der Waals surface area contributed by atoms with Crippen molar-refractivity contribution < 1.29 is 9.31 Å². The maximum absolute atomic E-state index is 6.28. The number of thiophene rings is 2. The molecule has 128 heavy (non-hydrogen) atoms. The van der Waals surface area contributed by atoms with Crippen molar-refractivity contribution in [2.45, 2.75) is 38.9 Å². The number of nitrogens with zero attached hydrogens (tertiary/aromatic N) is 10. The van der Waals surface area contributed by atoms with Crippen LogP contribution in [-0.4, -0.2) is 68.2 Å². The summed E-state index contributed by atoms with van der Waals surface area (Å²) < 4.78 is 17.1. The van der Waals surface area contributed by atoms with Crippen LogP contribution in [0.15, 0.2) is 401 Å². The monoisotopic (exact) mass is 1700 g/mol. The van der Waals surface area contributed by atoms with E-state index in [4.69, 9.17) is 60.8 Å². The Morgan fingerprint density at radius 2 is 0.492 bits per heavy atom. The van der Waals surface area contributed by atoms with Crippen molar-refractivity contribution >= 4 is 109 Å². The highest BCUT2D eigenvalue weighted by molar-refractivity contribution is 7.27. The van der Waals surface area contributed by atoms with Gasteiger partial charge in [0.15, 0.2) is 34.9 Å². The lowest BCUT2D eigenvalue weighted by atomic mass is 9.78. The number of pyridine rings is 4. The Morgan fingerprint density at radius 3 is 0.828 bits per heavy atom. The van der Waals surface area contributed by atoms with Crippen LogP contribution in [0.5, 0.6) is 0 Å². The highest BCUT2D eigenvalue weighted by Crippen LogP contribution is 2.45. The second kappa shape index (κ2) is 34.5. The lowest BCUT2D eigenvalue weighted by Crippen LogP contribution is -2.41. The van der Waals surface area contributed by atoms with Gasteiger partial charge in [0.1, 0.15) is 5.15 Å². The number of rotatable bonds is 14. The number of aromatic nitrogens is 10. The van der Waals surface area contributed by atoms with Gasteiger partial charge < -0.3 is 9.31 Å². The summed E-state index contributed by atoms with van der Waals surface area (Å²) in [4.78, 5) is 48.4. The fourth-order valence-corrected chi connectivity index (χ4v) is 18.9. The summed E-state index contributed by atoms with van der Waals surface area (Å²) in [6.07, 6.45) is 3.65. The van der Waals surface area contributed by atoms with Gasteiger partial charge in [-0.3, -0.25) is 9.97 Å². The third-order valence-corrected chi connectivity index (χ3v) is 26.7. The van der Waals surface area contributed by atoms with Gasteiger partial charge in [-0.1, -0.05) is 363 Å². The molecular formula is C112H78BClN10O2S2. The smallest absolute Gasteiger partial charge is 0.399 e. The van der Waals surface area contributed by atoms with Gasteiger partial charge in [-0.05, 0) is 136 Å². The molecule has 0 unspecified atom stereocenters. The van der Waals surface area contributed by atoms with Gasteiger partial charge in [0.25, 0.3) is 0 Å². The van der Waals surface area contributed by atoms with Gasteiger partial charge in [-0.25, -0.2) is 39.9 Å². The average molecular weight is 1710 g/mol. The molecule has 22 aromatic rings. The largest absolute Gasteiger partial charge is 0.494 e. The highest BCUT2D eigenvalue weighted by atomic mass is 35.5. The zero-order chi connectivity index (χ0) is 86.2. The van der Waals surface area contributed by atoms with E-state index >= 15 is 0 Å². The third kappa shape index (κ3) is 16.2. The first kappa shape index (κ1) is 80.1. The van der Waals surface area contributed by atoms with E-state index in [1.54, 1.807) is 28.9 Å². The Morgan fingerprint density at radius 1 is 0.242 bits per heavy atom. The number of hydrogen-bond acceptors (Lipinski definition) is 14. The number of fused-ring (bicyclic) bond motifs is 10. The summed E-state index contributed by atoms with van der Waals surface area (Å²) in [6, 6.07) is 134. The molecular weight excluding hydrogens is 1630 g/mol. The molecule has 0 bridgehead atoms. The predicted octanol–water partition coefficient (Wildman–Crippen LogP) is 28.7. The molecule has 1 aliphatic heterocycles. The van der Waals surface area contributed by atoms with E-state index in [-0.39, 0.29) is 18.3 Å². The number of hydrogen-bond donors (Lipinski definition) is 0. The maximum atomic E-state index is 6.28. The second-order valence-electron chi connectivity index (χ2n) is 32.5. The Balaban J connectivity index is 0.000000131. The quantitative estimate of drug-likeness (QED) is 0.0754. The van der Waals surface area contributed by atoms with Crippen molar-refractivity contribution in [3.05, 3.63) is 406 Å². The first-order valence-electron chi connectivity index (χ1n) is 42.5. The Hall–Kier alpha value is -15.1. The van der Waals surface area contributed by atoms with Crippen LogP contribution in [0.25, 0.3) is 209 Å². The minimum absolute atomic E-state index is 0.361. The van der Waals surface area contributed by atoms with Crippen LogP contribution in [0.3, 0.4) is 0 Å². The lowest BCUT2D eigenvalue weighted by Gasteiger charge is -2.32. The van der Waals surface area contributed by atoms with Gasteiger partial charge in [-0.2, -0.15) is 0 Å². The zero-order valence-electron chi connectivity index (χ0n) is 70.2. The normalized spacial score (nSPS) is 12.8. The summed E-state index contributed by atoms with van der Waals surface area (Å²) in [5.74, 6) is 3.84. The van der Waals surface area contributed by atoms with Gasteiger partial charge in [0.05, 0.1) is 48.4 Å². The van der Waals surface area contributed by atoms with E-state index in [2.05, 4.69) is 323 Å². The molecule has 0 amide bonds. The molecule has 12 nitrogen and oxygen atoms in total. The van der Waals surface area contributed by atoms with Crippen LogP contribution in [0, 0.1) is 0 Å². The molecule has 0 spiro atoms. The van der Waals surface area contributed by atoms with Crippen LogP contribution in [0.1, 0.15) is 27.7 Å². The van der Waals surface area contributed by atoms with Crippen LogP contribution in [0.2, 0.25) is 5.15 Å². The molecule has 0 saturated carbocycles. The Bertz CT molecular complexity index is 7800. The predicted molar refractivity (Wildman–Crippen MR) is 529 cm³/mol. The maximum Gasteiger partial charge on any atom is 0.494 e. The minimum atomic E-state index is -0.366. The molecule has 0 radical (unpaired) electrons. The summed E-state index contributed by atoms with van der Waals surface area (Å²) in [5.41, 5.74) is 25.4. The molecule has 1 aliphatic rings. The van der Waals surface area contributed by atoms with Gasteiger partial charge in [0.2, 0.25) is 0 Å². The second-order valence-corrected chi connectivity index (χ2v) is 35.0. The van der Waals surface area contributed by atoms with Crippen molar-refractivity contribution in [1.29, 1.82) is 0 Å². The summed E-state index contributed by atoms with van der Waals surface area (Å²) in [6.45, 7) is 8.31. The molecule has 16 heteroatoms. The van der Waals surface area contributed by atoms with Crippen molar-refractivity contribution in [3.8, 4) is 146 Å². The first-order chi connectivity index (χ1) is 62.8. The van der Waals surface area contributed by atoms with E-state index in [0.29, 0.717) is 40.1 Å². The fourth-order valence-electron chi connectivity index (χ4n) is 16.3. The number of benzene rings is 14. The van der Waals surface area contributed by atoms with Crippen molar-refractivity contribution in [2.24, 2.45) is 0 Å². The number of halogens is 1. The summed E-state index contributed by atoms with van der Waals surface area (Å²) >= 11 is 9.73. The molecule has 0 N–H and O–H groups in total. The standard InChI is InChI=1S/C53H33N5S.C45H38BN3O2.C14H7ClN2S/c1-3-10-34(11-4-1)35-23-29-42(30-24-35)52-56-51(41-12-5-2-6-13-41)57-53(58-52)43-31-25-39(26-32-43)37-19-17-36(18-20-37)38-21-27-40(28-22-38)48-50-47(44-14-7-8-16-46(44)59-50)49-45(55-48)15-9-33-54-49;1-44(2)45(3,4)51-46(50-44)40-29-27-36(28-30-40)34-17-15-33(16-18-34)35-21-25-39(26-22-35)43-48-41(37-13-9-6-10-14-37)47-42(49-43)38-23-19-32(20-24-38)31-11-7-5-8-12-31;15-14-13-11(8-4-1-2-6-10(8)18-13)12-9(17-14)5-3-7-16-12/h1-33H;5-30H,1-4H3;1-7H. The van der Waals surface area contributed by atoms with Crippen LogP contribution in [0.4, 0.5) is 0 Å². The van der Waals surface area contributed by atoms with Crippen molar-refractivity contribution in [2.75, 3.05) is 0 Å². The van der Waals surface area contributed by atoms with E-state index in [0.717, 1.165) is 138 Å². The zero-order valence-corrected chi connectivity index (χ0v) is 72.6. The van der Waals surface area contributed by atoms with E-state index in [1.807, 2.05) is 109 Å². The molecule has 610 valence electrons. The Kier molecular flexibility index (Phi) is 21.6. The van der Waals surface area contributed by atoms with Gasteiger partial charge >= 0.3 is 7.12 Å². The van der Waals surface area contributed by atoms with Crippen molar-refractivity contribution in [1.82, 2.24) is 49.8 Å². The lowest BCUT2D eigenvalue weighted by molar-refractivity contribution is 0.00578. The van der Waals surface area contributed by atoms with Crippen LogP contribution in [-0.2, 0) is 9.31 Å². The average Bonchev–Trinajstić information content (AvgIpc) is 1.56. The van der Waals surface area contributed by atoms with E-state index in [9.17, 15) is 0 Å². The highest BCUT2D eigenvalue weighted by Gasteiger charge is 2.51. The summed E-state index contributed by atoms with van der Waals surface area (Å²) in [7, 11) is -0.366. The van der Waals surface area contributed by atoms with Crippen LogP contribution >= 0.6 is 34.3 Å². The van der Waals surface area contributed by atoms with Gasteiger partial charge in [0, 0.05) is 82.3 Å². The first-order valence-corrected chi connectivity index (χ1v) is 44.5. The topological polar surface area (TPSA) is 147 Å². The fraction of sp³-hybridized carbons (Fsp3) is 0.0536. The summed E-state index contributed by atoms with van der Waals surface area (Å²) in [5, 5.41) is 5.28. The molecule has 8 aromatic heterocycles. The van der Waals surface area contributed by atoms with Gasteiger partial charge in [-0.15, -0.1) is 22.7 Å². The van der Waals surface area contributed by atoms with E-state index < -0.39 is 0 Å². The molecule has 1 saturated heterocycles. The molecule has 9 heterocycles. The molecule has 23 rings (SSSR count). The van der Waals surface area contributed by atoms with Crippen LogP contribution < -0.4 is 5.46 Å². The SMILES string of the molecule is CC1(C)OB(c2ccc(-c3ccc(-c4ccc(-c5nc(-c6ccccc6)nc(-c6ccc(-c7ccccc7)cc6)n5)cc4)cc3)cc2)OC1(C)C.Clc1nc2cccnc2c2c1sc1ccccc12.c1ccc(-c2ccc(-c3nc(-c4ccccc4)nc(-c4ccc(-c5ccc(-c6ccc(-c7nc8cccnc8c8c7sc7ccccc78)cc6)cc5)cc4)n3)cc2)cc1. The third-order valence-electron chi connectivity index (χ3n) is 23.9. The van der Waals surface area contributed by atoms with E-state index in [1.165, 1.54) is 41.4 Å². The molecule has 1 fully saturated rings. The molecule has 14 aromatic carbocycles. The molecule has 0 atom stereocenters. The Labute approximate surface area is 753 Å². The molecule has 0 aliphatic carbocycles. The minimum Gasteiger partial charge on any atom is -0.399 e. The van der Waals surface area contributed by atoms with Crippen molar-refractivity contribution in [3.63, 3.8) is 0 Å².